The van der Waals surface area contributed by atoms with Crippen LogP contribution in [0, 0.1) is 0 Å². The van der Waals surface area contributed by atoms with Crippen molar-refractivity contribution in [2.24, 2.45) is 0 Å². The molecule has 0 radical (unpaired) electrons. The van der Waals surface area contributed by atoms with Crippen molar-refractivity contribution < 1.29 is 23.2 Å². The lowest BCUT2D eigenvalue weighted by Gasteiger charge is -2.04. The number of amides is 1. The number of hydrogen-bond acceptors (Lipinski definition) is 5. The first-order chi connectivity index (χ1) is 9.70. The summed E-state index contributed by atoms with van der Waals surface area (Å²) >= 11 is 0. The van der Waals surface area contributed by atoms with Crippen LogP contribution in [0.3, 0.4) is 0 Å². The van der Waals surface area contributed by atoms with Crippen LogP contribution in [0.15, 0.2) is 33.5 Å². The fourth-order valence-corrected chi connectivity index (χ4v) is 2.02. The first-order valence-corrected chi connectivity index (χ1v) is 6.25. The molecule has 0 saturated heterocycles. The topological polar surface area (TPSA) is 81.7 Å². The Morgan fingerprint density at radius 1 is 1.25 bits per heavy atom. The number of hydrogen-bond donors (Lipinski definition) is 1. The Balaban J connectivity index is 1.81. The van der Waals surface area contributed by atoms with Crippen LogP contribution >= 0.6 is 0 Å². The second-order valence-electron chi connectivity index (χ2n) is 4.58. The molecule has 0 atom stereocenters. The Labute approximate surface area is 114 Å². The van der Waals surface area contributed by atoms with Crippen LogP contribution in [-0.4, -0.2) is 19.0 Å². The summed E-state index contributed by atoms with van der Waals surface area (Å²) in [5.41, 5.74) is 0.773. The van der Waals surface area contributed by atoms with Crippen molar-refractivity contribution in [1.82, 2.24) is 0 Å². The fourth-order valence-electron chi connectivity index (χ4n) is 2.02. The molecule has 6 nitrogen and oxygen atoms in total. The van der Waals surface area contributed by atoms with Crippen LogP contribution in [0.4, 0.5) is 5.69 Å². The standard InChI is InChI=1S/C14H13NO5/c1-18-14(17)12-10(5-7-20-12)15-13(16)9-4-6-19-11(9)8-2-3-8/h4-8H,2-3H2,1H3,(H,15,16). The second kappa shape index (κ2) is 4.88. The van der Waals surface area contributed by atoms with Gasteiger partial charge in [0.25, 0.3) is 5.91 Å². The van der Waals surface area contributed by atoms with E-state index in [4.69, 9.17) is 8.83 Å². The lowest BCUT2D eigenvalue weighted by Crippen LogP contribution is -2.14. The van der Waals surface area contributed by atoms with E-state index in [0.717, 1.165) is 12.8 Å². The summed E-state index contributed by atoms with van der Waals surface area (Å²) in [7, 11) is 1.25. The zero-order valence-electron chi connectivity index (χ0n) is 10.8. The van der Waals surface area contributed by atoms with Crippen LogP contribution in [0.1, 0.15) is 45.4 Å². The molecule has 104 valence electrons. The van der Waals surface area contributed by atoms with Gasteiger partial charge in [0.2, 0.25) is 5.76 Å². The van der Waals surface area contributed by atoms with Crippen molar-refractivity contribution >= 4 is 17.6 Å². The molecule has 0 spiro atoms. The summed E-state index contributed by atoms with van der Waals surface area (Å²) in [6.07, 6.45) is 4.89. The first-order valence-electron chi connectivity index (χ1n) is 6.25. The molecular weight excluding hydrogens is 262 g/mol. The van der Waals surface area contributed by atoms with Gasteiger partial charge in [-0.2, -0.15) is 0 Å². The van der Waals surface area contributed by atoms with Gasteiger partial charge in [0.15, 0.2) is 0 Å². The normalized spacial score (nSPS) is 14.1. The van der Waals surface area contributed by atoms with Gasteiger partial charge >= 0.3 is 5.97 Å². The summed E-state index contributed by atoms with van der Waals surface area (Å²) < 4.78 is 14.9. The first kappa shape index (κ1) is 12.5. The lowest BCUT2D eigenvalue weighted by atomic mass is 10.1. The highest BCUT2D eigenvalue weighted by Crippen LogP contribution is 2.42. The lowest BCUT2D eigenvalue weighted by molar-refractivity contribution is 0.0566. The highest BCUT2D eigenvalue weighted by Gasteiger charge is 2.31. The number of carbonyl (C=O) groups is 2. The van der Waals surface area contributed by atoms with E-state index in [-0.39, 0.29) is 17.4 Å². The van der Waals surface area contributed by atoms with Gasteiger partial charge in [0, 0.05) is 12.0 Å². The maximum Gasteiger partial charge on any atom is 0.376 e. The van der Waals surface area contributed by atoms with Crippen LogP contribution in [0.5, 0.6) is 0 Å². The smallest absolute Gasteiger partial charge is 0.376 e. The SMILES string of the molecule is COC(=O)c1occc1NC(=O)c1ccoc1C1CC1. The minimum Gasteiger partial charge on any atom is -0.468 e. The molecule has 2 heterocycles. The molecule has 3 rings (SSSR count). The van der Waals surface area contributed by atoms with E-state index in [1.807, 2.05) is 0 Å². The summed E-state index contributed by atoms with van der Waals surface area (Å²) in [5.74, 6) is 0.0326. The third-order valence-corrected chi connectivity index (χ3v) is 3.17. The molecule has 1 fully saturated rings. The third kappa shape index (κ3) is 2.20. The molecule has 0 unspecified atom stereocenters. The number of rotatable bonds is 4. The minimum atomic E-state index is -0.639. The average Bonchev–Trinajstić information content (AvgIpc) is 3.00. The maximum atomic E-state index is 12.2. The number of carbonyl (C=O) groups excluding carboxylic acids is 2. The second-order valence-corrected chi connectivity index (χ2v) is 4.58. The van der Waals surface area contributed by atoms with Gasteiger partial charge in [-0.3, -0.25) is 4.79 Å². The Morgan fingerprint density at radius 2 is 2.00 bits per heavy atom. The molecular formula is C14H13NO5. The quantitative estimate of drug-likeness (QED) is 0.867. The Morgan fingerprint density at radius 3 is 2.70 bits per heavy atom. The monoisotopic (exact) mass is 275 g/mol. The van der Waals surface area contributed by atoms with Crippen LogP contribution < -0.4 is 5.32 Å². The maximum absolute atomic E-state index is 12.2. The summed E-state index contributed by atoms with van der Waals surface area (Å²) in [4.78, 5) is 23.7. The van der Waals surface area contributed by atoms with Gasteiger partial charge in [-0.15, -0.1) is 0 Å². The van der Waals surface area contributed by atoms with E-state index < -0.39 is 5.97 Å². The molecule has 2 aromatic heterocycles. The van der Waals surface area contributed by atoms with Crippen LogP contribution in [0.25, 0.3) is 0 Å². The molecule has 1 N–H and O–H groups in total. The molecule has 0 bridgehead atoms. The van der Waals surface area contributed by atoms with Crippen LogP contribution in [0.2, 0.25) is 0 Å². The largest absolute Gasteiger partial charge is 0.468 e. The van der Waals surface area contributed by atoms with Gasteiger partial charge in [0.05, 0.1) is 30.9 Å². The number of furan rings is 2. The van der Waals surface area contributed by atoms with Crippen molar-refractivity contribution in [2.75, 3.05) is 12.4 Å². The minimum absolute atomic E-state index is 0.0303. The molecule has 1 amide bonds. The van der Waals surface area contributed by atoms with Crippen molar-refractivity contribution in [3.05, 3.63) is 41.7 Å². The van der Waals surface area contributed by atoms with Gasteiger partial charge in [-0.05, 0) is 18.9 Å². The number of methoxy groups -OCH3 is 1. The highest BCUT2D eigenvalue weighted by atomic mass is 16.5. The van der Waals surface area contributed by atoms with E-state index in [0.29, 0.717) is 17.2 Å². The van der Waals surface area contributed by atoms with Gasteiger partial charge in [-0.1, -0.05) is 0 Å². The molecule has 1 aliphatic rings. The number of ether oxygens (including phenoxy) is 1. The molecule has 0 aromatic carbocycles. The van der Waals surface area contributed by atoms with Crippen molar-refractivity contribution in [1.29, 1.82) is 0 Å². The predicted molar refractivity (Wildman–Crippen MR) is 68.7 cm³/mol. The average molecular weight is 275 g/mol. The van der Waals surface area contributed by atoms with Crippen molar-refractivity contribution in [3.8, 4) is 0 Å². The Bertz CT molecular complexity index is 650. The van der Waals surface area contributed by atoms with Gasteiger partial charge in [0.1, 0.15) is 5.76 Å². The number of anilines is 1. The number of esters is 1. The molecule has 2 aromatic rings. The fraction of sp³-hybridized carbons (Fsp3) is 0.286. The number of nitrogens with one attached hydrogen (secondary N) is 1. The molecule has 20 heavy (non-hydrogen) atoms. The van der Waals surface area contributed by atoms with Gasteiger partial charge in [-0.25, -0.2) is 4.79 Å². The zero-order chi connectivity index (χ0) is 14.1. The third-order valence-electron chi connectivity index (χ3n) is 3.17. The van der Waals surface area contributed by atoms with Gasteiger partial charge < -0.3 is 18.9 Å². The highest BCUT2D eigenvalue weighted by molar-refractivity contribution is 6.07. The zero-order valence-corrected chi connectivity index (χ0v) is 10.8. The Kier molecular flexibility index (Phi) is 3.06. The predicted octanol–water partition coefficient (Wildman–Crippen LogP) is 2.79. The van der Waals surface area contributed by atoms with E-state index in [2.05, 4.69) is 10.1 Å². The van der Waals surface area contributed by atoms with E-state index in [1.54, 1.807) is 6.07 Å². The summed E-state index contributed by atoms with van der Waals surface area (Å²) in [6, 6.07) is 3.13. The summed E-state index contributed by atoms with van der Waals surface area (Å²) in [5, 5.41) is 2.64. The van der Waals surface area contributed by atoms with E-state index in [9.17, 15) is 9.59 Å². The van der Waals surface area contributed by atoms with E-state index in [1.165, 1.54) is 25.7 Å². The Hall–Kier alpha value is -2.50. The van der Waals surface area contributed by atoms with Crippen molar-refractivity contribution in [3.63, 3.8) is 0 Å². The van der Waals surface area contributed by atoms with Crippen molar-refractivity contribution in [2.45, 2.75) is 18.8 Å². The molecule has 1 saturated carbocycles. The molecule has 1 aliphatic carbocycles. The molecule has 6 heteroatoms. The summed E-state index contributed by atoms with van der Waals surface area (Å²) in [6.45, 7) is 0. The van der Waals surface area contributed by atoms with E-state index >= 15 is 0 Å². The van der Waals surface area contributed by atoms with Crippen LogP contribution in [-0.2, 0) is 4.74 Å². The molecule has 0 aliphatic heterocycles.